The van der Waals surface area contributed by atoms with Crippen LogP contribution in [-0.2, 0) is 4.79 Å². The van der Waals surface area contributed by atoms with E-state index in [9.17, 15) is 9.59 Å². The molecule has 2 rings (SSSR count). The molecule has 1 unspecified atom stereocenters. The molecule has 0 fully saturated rings. The number of carbonyl (C=O) groups is 2. The van der Waals surface area contributed by atoms with E-state index in [0.717, 1.165) is 5.56 Å². The predicted molar refractivity (Wildman–Crippen MR) is 94.7 cm³/mol. The van der Waals surface area contributed by atoms with E-state index < -0.39 is 0 Å². The normalized spacial score (nSPS) is 11.8. The summed E-state index contributed by atoms with van der Waals surface area (Å²) in [4.78, 5) is 26.2. The van der Waals surface area contributed by atoms with Gasteiger partial charge in [0.05, 0.1) is 0 Å². The number of carbonyl (C=O) groups excluding carboxylic acids is 2. The number of amides is 2. The molecule has 0 aliphatic heterocycles. The van der Waals surface area contributed by atoms with E-state index in [4.69, 9.17) is 0 Å². The zero-order valence-electron chi connectivity index (χ0n) is 14.0. The van der Waals surface area contributed by atoms with Crippen molar-refractivity contribution in [2.24, 2.45) is 0 Å². The van der Waals surface area contributed by atoms with E-state index in [1.165, 1.54) is 0 Å². The van der Waals surface area contributed by atoms with Crippen LogP contribution in [0.4, 0.5) is 0 Å². The second-order valence-corrected chi connectivity index (χ2v) is 5.69. The highest BCUT2D eigenvalue weighted by atomic mass is 16.2. The standard InChI is InChI=1S/C19H23N3O2/c1-22(2)17(15-9-5-3-6-10-15)19(24)21-14-13-20-18(23)16-11-7-4-8-12-16/h3-12,17H,13-14H2,1-2H3,(H,20,23)(H,21,24). The first kappa shape index (κ1) is 17.7. The predicted octanol–water partition coefficient (Wildman–Crippen LogP) is 1.84. The number of benzene rings is 2. The van der Waals surface area contributed by atoms with Crippen molar-refractivity contribution in [3.8, 4) is 0 Å². The van der Waals surface area contributed by atoms with Crippen LogP contribution >= 0.6 is 0 Å². The number of rotatable bonds is 7. The van der Waals surface area contributed by atoms with Gasteiger partial charge >= 0.3 is 0 Å². The van der Waals surface area contributed by atoms with Crippen LogP contribution in [0.3, 0.4) is 0 Å². The lowest BCUT2D eigenvalue weighted by molar-refractivity contribution is -0.125. The highest BCUT2D eigenvalue weighted by Crippen LogP contribution is 2.17. The van der Waals surface area contributed by atoms with Gasteiger partial charge in [-0.3, -0.25) is 14.5 Å². The summed E-state index contributed by atoms with van der Waals surface area (Å²) in [5.74, 6) is -0.225. The quantitative estimate of drug-likeness (QED) is 0.764. The average molecular weight is 325 g/mol. The first-order valence-electron chi connectivity index (χ1n) is 7.92. The molecular formula is C19H23N3O2. The number of nitrogens with one attached hydrogen (secondary N) is 2. The lowest BCUT2D eigenvalue weighted by Gasteiger charge is -2.23. The maximum absolute atomic E-state index is 12.4. The minimum atomic E-state index is -0.351. The van der Waals surface area contributed by atoms with Gasteiger partial charge in [0, 0.05) is 18.7 Å². The first-order valence-corrected chi connectivity index (χ1v) is 7.92. The summed E-state index contributed by atoms with van der Waals surface area (Å²) >= 11 is 0. The van der Waals surface area contributed by atoms with E-state index >= 15 is 0 Å². The zero-order chi connectivity index (χ0) is 17.4. The molecular weight excluding hydrogens is 302 g/mol. The summed E-state index contributed by atoms with van der Waals surface area (Å²) in [6, 6.07) is 18.3. The Kier molecular flexibility index (Phi) is 6.51. The van der Waals surface area contributed by atoms with E-state index in [-0.39, 0.29) is 17.9 Å². The van der Waals surface area contributed by atoms with Crippen molar-refractivity contribution >= 4 is 11.8 Å². The Labute approximate surface area is 142 Å². The molecule has 0 aromatic heterocycles. The van der Waals surface area contributed by atoms with Gasteiger partial charge in [0.2, 0.25) is 5.91 Å². The van der Waals surface area contributed by atoms with Crippen molar-refractivity contribution in [1.29, 1.82) is 0 Å². The molecule has 0 saturated carbocycles. The van der Waals surface area contributed by atoms with Crippen LogP contribution in [0.1, 0.15) is 22.0 Å². The number of hydrogen-bond acceptors (Lipinski definition) is 3. The SMILES string of the molecule is CN(C)C(C(=O)NCCNC(=O)c1ccccc1)c1ccccc1. The summed E-state index contributed by atoms with van der Waals surface area (Å²) in [5, 5.41) is 5.67. The maximum atomic E-state index is 12.4. The van der Waals surface area contributed by atoms with Crippen molar-refractivity contribution in [2.75, 3.05) is 27.2 Å². The summed E-state index contributed by atoms with van der Waals surface area (Å²) < 4.78 is 0. The highest BCUT2D eigenvalue weighted by Gasteiger charge is 2.22. The maximum Gasteiger partial charge on any atom is 0.251 e. The van der Waals surface area contributed by atoms with E-state index in [1.54, 1.807) is 12.1 Å². The van der Waals surface area contributed by atoms with Crippen molar-refractivity contribution in [1.82, 2.24) is 15.5 Å². The highest BCUT2D eigenvalue weighted by molar-refractivity contribution is 5.94. The monoisotopic (exact) mass is 325 g/mol. The number of likely N-dealkylation sites (N-methyl/N-ethyl adjacent to an activating group) is 1. The second kappa shape index (κ2) is 8.84. The van der Waals surface area contributed by atoms with Crippen LogP contribution in [0.5, 0.6) is 0 Å². The second-order valence-electron chi connectivity index (χ2n) is 5.69. The Bertz CT molecular complexity index is 657. The van der Waals surface area contributed by atoms with E-state index in [2.05, 4.69) is 10.6 Å². The molecule has 0 saturated heterocycles. The number of nitrogens with zero attached hydrogens (tertiary/aromatic N) is 1. The Hall–Kier alpha value is -2.66. The Morgan fingerprint density at radius 2 is 1.42 bits per heavy atom. The van der Waals surface area contributed by atoms with Gasteiger partial charge in [0.1, 0.15) is 6.04 Å². The third kappa shape index (κ3) is 4.93. The van der Waals surface area contributed by atoms with Gasteiger partial charge in [-0.25, -0.2) is 0 Å². The van der Waals surface area contributed by atoms with Gasteiger partial charge in [-0.2, -0.15) is 0 Å². The van der Waals surface area contributed by atoms with Crippen molar-refractivity contribution in [3.63, 3.8) is 0 Å². The molecule has 2 amide bonds. The summed E-state index contributed by atoms with van der Waals surface area (Å²) in [6.45, 7) is 0.767. The van der Waals surface area contributed by atoms with Gasteiger partial charge in [0.25, 0.3) is 5.91 Å². The topological polar surface area (TPSA) is 61.4 Å². The lowest BCUT2D eigenvalue weighted by Crippen LogP contribution is -2.40. The van der Waals surface area contributed by atoms with Crippen molar-refractivity contribution < 1.29 is 9.59 Å². The molecule has 126 valence electrons. The summed E-state index contributed by atoms with van der Waals surface area (Å²) in [7, 11) is 3.74. The summed E-state index contributed by atoms with van der Waals surface area (Å²) in [6.07, 6.45) is 0. The van der Waals surface area contributed by atoms with Crippen LogP contribution in [0, 0.1) is 0 Å². The Balaban J connectivity index is 1.82. The molecule has 1 atom stereocenters. The van der Waals surface area contributed by atoms with Crippen molar-refractivity contribution in [3.05, 3.63) is 71.8 Å². The van der Waals surface area contributed by atoms with Gasteiger partial charge in [0.15, 0.2) is 0 Å². The third-order valence-corrected chi connectivity index (χ3v) is 3.63. The third-order valence-electron chi connectivity index (χ3n) is 3.63. The molecule has 5 nitrogen and oxygen atoms in total. The fraction of sp³-hybridized carbons (Fsp3) is 0.263. The largest absolute Gasteiger partial charge is 0.353 e. The first-order chi connectivity index (χ1) is 11.6. The van der Waals surface area contributed by atoms with Gasteiger partial charge in [-0.05, 0) is 31.8 Å². The van der Waals surface area contributed by atoms with Gasteiger partial charge in [-0.15, -0.1) is 0 Å². The van der Waals surface area contributed by atoms with E-state index in [1.807, 2.05) is 67.5 Å². The molecule has 2 N–H and O–H groups in total. The Morgan fingerprint density at radius 3 is 2.00 bits per heavy atom. The average Bonchev–Trinajstić information content (AvgIpc) is 2.60. The van der Waals surface area contributed by atoms with Crippen LogP contribution in [0.2, 0.25) is 0 Å². The van der Waals surface area contributed by atoms with Crippen molar-refractivity contribution in [2.45, 2.75) is 6.04 Å². The molecule has 24 heavy (non-hydrogen) atoms. The molecule has 5 heteroatoms. The fourth-order valence-corrected chi connectivity index (χ4v) is 2.47. The molecule has 0 aliphatic rings. The minimum Gasteiger partial charge on any atom is -0.353 e. The number of hydrogen-bond donors (Lipinski definition) is 2. The molecule has 2 aromatic carbocycles. The Morgan fingerprint density at radius 1 is 0.875 bits per heavy atom. The molecule has 0 heterocycles. The summed E-state index contributed by atoms with van der Waals surface area (Å²) in [5.41, 5.74) is 1.55. The van der Waals surface area contributed by atoms with Gasteiger partial charge in [-0.1, -0.05) is 48.5 Å². The molecule has 0 spiro atoms. The van der Waals surface area contributed by atoms with Crippen LogP contribution < -0.4 is 10.6 Å². The smallest absolute Gasteiger partial charge is 0.251 e. The molecule has 0 bridgehead atoms. The fourth-order valence-electron chi connectivity index (χ4n) is 2.47. The zero-order valence-corrected chi connectivity index (χ0v) is 14.0. The van der Waals surface area contributed by atoms with E-state index in [0.29, 0.717) is 18.7 Å². The van der Waals surface area contributed by atoms with Crippen LogP contribution in [0.25, 0.3) is 0 Å². The minimum absolute atomic E-state index is 0.0832. The lowest BCUT2D eigenvalue weighted by atomic mass is 10.1. The van der Waals surface area contributed by atoms with Crippen LogP contribution in [-0.4, -0.2) is 43.9 Å². The van der Waals surface area contributed by atoms with Gasteiger partial charge < -0.3 is 10.6 Å². The van der Waals surface area contributed by atoms with Crippen LogP contribution in [0.15, 0.2) is 60.7 Å². The molecule has 0 radical (unpaired) electrons. The molecule has 0 aliphatic carbocycles. The molecule has 2 aromatic rings.